The highest BCUT2D eigenvalue weighted by molar-refractivity contribution is 5.84. The molecule has 0 aliphatic heterocycles. The van der Waals surface area contributed by atoms with E-state index in [1.807, 2.05) is 42.1 Å². The monoisotopic (exact) mass is 314 g/mol. The molecule has 0 bridgehead atoms. The SMILES string of the molecule is CCn1cc[n+](C)c1.N[C@@H](Cc1c[nH]c2ccccc12)C(=O)[O-]. The predicted molar refractivity (Wildman–Crippen MR) is 86.3 cm³/mol. The number of H-pyrrole nitrogens is 1. The van der Waals surface area contributed by atoms with Crippen LogP contribution in [0.25, 0.3) is 10.9 Å². The van der Waals surface area contributed by atoms with Crippen LogP contribution in [0.3, 0.4) is 0 Å². The van der Waals surface area contributed by atoms with Crippen LogP contribution in [-0.4, -0.2) is 21.6 Å². The van der Waals surface area contributed by atoms with E-state index >= 15 is 0 Å². The number of aromatic nitrogens is 3. The summed E-state index contributed by atoms with van der Waals surface area (Å²) < 4.78 is 4.16. The van der Waals surface area contributed by atoms with Crippen LogP contribution in [0.15, 0.2) is 49.2 Å². The van der Waals surface area contributed by atoms with Gasteiger partial charge in [-0.25, -0.2) is 9.13 Å². The second kappa shape index (κ2) is 7.60. The lowest BCUT2D eigenvalue weighted by Gasteiger charge is -2.11. The molecular formula is C17H22N4O2. The van der Waals surface area contributed by atoms with Crippen molar-refractivity contribution in [1.29, 1.82) is 0 Å². The number of fused-ring (bicyclic) bond motifs is 1. The second-order valence-electron chi connectivity index (χ2n) is 5.40. The largest absolute Gasteiger partial charge is 0.548 e. The second-order valence-corrected chi connectivity index (χ2v) is 5.40. The molecule has 0 unspecified atom stereocenters. The number of carbonyl (C=O) groups is 1. The Balaban J connectivity index is 0.000000203. The number of carboxylic acids is 1. The van der Waals surface area contributed by atoms with Crippen molar-refractivity contribution in [3.63, 3.8) is 0 Å². The van der Waals surface area contributed by atoms with Crippen LogP contribution in [0.4, 0.5) is 0 Å². The summed E-state index contributed by atoms with van der Waals surface area (Å²) in [4.78, 5) is 13.6. The summed E-state index contributed by atoms with van der Waals surface area (Å²) >= 11 is 0. The first-order valence-electron chi connectivity index (χ1n) is 7.53. The zero-order chi connectivity index (χ0) is 16.8. The Kier molecular flexibility index (Phi) is 5.54. The van der Waals surface area contributed by atoms with Gasteiger partial charge in [0.25, 0.3) is 0 Å². The van der Waals surface area contributed by atoms with Crippen molar-refractivity contribution < 1.29 is 14.5 Å². The predicted octanol–water partition coefficient (Wildman–Crippen LogP) is 0.120. The number of imidazole rings is 1. The number of rotatable bonds is 4. The number of hydrogen-bond acceptors (Lipinski definition) is 3. The van der Waals surface area contributed by atoms with Crippen LogP contribution in [0.5, 0.6) is 0 Å². The number of aryl methyl sites for hydroxylation is 2. The molecule has 122 valence electrons. The number of nitrogens with two attached hydrogens (primary N) is 1. The number of aromatic amines is 1. The highest BCUT2D eigenvalue weighted by Crippen LogP contribution is 2.18. The number of nitrogens with one attached hydrogen (secondary N) is 1. The average molecular weight is 314 g/mol. The van der Waals surface area contributed by atoms with Crippen LogP contribution in [-0.2, 0) is 24.8 Å². The number of para-hydroxylation sites is 1. The van der Waals surface area contributed by atoms with Crippen LogP contribution in [0, 0.1) is 0 Å². The van der Waals surface area contributed by atoms with E-state index in [9.17, 15) is 9.90 Å². The van der Waals surface area contributed by atoms with Gasteiger partial charge in [0.05, 0.1) is 19.6 Å². The van der Waals surface area contributed by atoms with E-state index in [1.165, 1.54) is 0 Å². The van der Waals surface area contributed by atoms with Crippen molar-refractivity contribution in [2.75, 3.05) is 0 Å². The number of carbonyl (C=O) groups excluding carboxylic acids is 1. The Bertz CT molecular complexity index is 776. The van der Waals surface area contributed by atoms with Gasteiger partial charge in [-0.1, -0.05) is 18.2 Å². The third kappa shape index (κ3) is 4.43. The number of aliphatic carboxylic acids is 1. The Hall–Kier alpha value is -2.60. The van der Waals surface area contributed by atoms with Gasteiger partial charge in [-0.2, -0.15) is 0 Å². The first kappa shape index (κ1) is 16.8. The molecule has 3 N–H and O–H groups in total. The molecule has 3 aromatic rings. The van der Waals surface area contributed by atoms with E-state index in [-0.39, 0.29) is 6.42 Å². The lowest BCUT2D eigenvalue weighted by Crippen LogP contribution is -2.43. The first-order chi connectivity index (χ1) is 11.0. The average Bonchev–Trinajstić information content (AvgIpc) is 3.14. The maximum absolute atomic E-state index is 10.5. The number of carboxylic acid groups (broad SMARTS) is 1. The maximum atomic E-state index is 10.5. The van der Waals surface area contributed by atoms with Crippen molar-refractivity contribution in [3.05, 3.63) is 54.7 Å². The maximum Gasteiger partial charge on any atom is 0.243 e. The van der Waals surface area contributed by atoms with Crippen molar-refractivity contribution in [3.8, 4) is 0 Å². The lowest BCUT2D eigenvalue weighted by atomic mass is 10.1. The summed E-state index contributed by atoms with van der Waals surface area (Å²) in [6, 6.07) is 6.74. The fourth-order valence-electron chi connectivity index (χ4n) is 2.31. The van der Waals surface area contributed by atoms with Gasteiger partial charge in [-0.3, -0.25) is 0 Å². The molecule has 0 spiro atoms. The Labute approximate surface area is 135 Å². The number of nitrogens with zero attached hydrogens (tertiary/aromatic N) is 2. The highest BCUT2D eigenvalue weighted by Gasteiger charge is 2.08. The molecule has 0 saturated carbocycles. The highest BCUT2D eigenvalue weighted by atomic mass is 16.4. The van der Waals surface area contributed by atoms with Crippen molar-refractivity contribution in [2.45, 2.75) is 25.9 Å². The number of benzene rings is 1. The van der Waals surface area contributed by atoms with Crippen LogP contribution in [0.1, 0.15) is 12.5 Å². The molecule has 6 nitrogen and oxygen atoms in total. The Morgan fingerprint density at radius 3 is 2.74 bits per heavy atom. The molecule has 1 aromatic carbocycles. The van der Waals surface area contributed by atoms with Gasteiger partial charge < -0.3 is 20.6 Å². The van der Waals surface area contributed by atoms with Gasteiger partial charge in [-0.05, 0) is 25.0 Å². The van der Waals surface area contributed by atoms with E-state index in [2.05, 4.69) is 29.0 Å². The molecule has 0 fully saturated rings. The van der Waals surface area contributed by atoms with E-state index in [1.54, 1.807) is 6.20 Å². The van der Waals surface area contributed by atoms with Crippen LogP contribution >= 0.6 is 0 Å². The molecule has 0 radical (unpaired) electrons. The van der Waals surface area contributed by atoms with Crippen LogP contribution in [0.2, 0.25) is 0 Å². The molecule has 6 heteroatoms. The van der Waals surface area contributed by atoms with Gasteiger partial charge >= 0.3 is 0 Å². The summed E-state index contributed by atoms with van der Waals surface area (Å²) in [6.07, 6.45) is 8.21. The minimum Gasteiger partial charge on any atom is -0.548 e. The molecule has 23 heavy (non-hydrogen) atoms. The normalized spacial score (nSPS) is 11.8. The molecule has 3 rings (SSSR count). The van der Waals surface area contributed by atoms with Crippen LogP contribution < -0.4 is 15.4 Å². The number of hydrogen-bond donors (Lipinski definition) is 2. The molecule has 0 aliphatic rings. The summed E-state index contributed by atoms with van der Waals surface area (Å²) in [5.41, 5.74) is 7.31. The fourth-order valence-corrected chi connectivity index (χ4v) is 2.31. The smallest absolute Gasteiger partial charge is 0.243 e. The summed E-state index contributed by atoms with van der Waals surface area (Å²) in [7, 11) is 2.02. The van der Waals surface area contributed by atoms with E-state index in [4.69, 9.17) is 5.73 Å². The zero-order valence-electron chi connectivity index (χ0n) is 13.4. The molecule has 1 atom stereocenters. The molecule has 0 amide bonds. The summed E-state index contributed by atoms with van der Waals surface area (Å²) in [6.45, 7) is 3.18. The van der Waals surface area contributed by atoms with Gasteiger partial charge in [0, 0.05) is 23.1 Å². The molecule has 0 aliphatic carbocycles. The Morgan fingerprint density at radius 2 is 2.17 bits per heavy atom. The van der Waals surface area contributed by atoms with E-state index in [0.717, 1.165) is 23.0 Å². The van der Waals surface area contributed by atoms with Crippen molar-refractivity contribution >= 4 is 16.9 Å². The van der Waals surface area contributed by atoms with Gasteiger partial charge in [0.2, 0.25) is 6.33 Å². The molecule has 0 saturated heterocycles. The van der Waals surface area contributed by atoms with E-state index < -0.39 is 12.0 Å². The zero-order valence-corrected chi connectivity index (χ0v) is 13.4. The Morgan fingerprint density at radius 1 is 1.43 bits per heavy atom. The third-order valence-corrected chi connectivity index (χ3v) is 3.61. The quantitative estimate of drug-likeness (QED) is 0.670. The van der Waals surface area contributed by atoms with Gasteiger partial charge in [0.15, 0.2) is 0 Å². The standard InChI is InChI=1S/C11H12N2O2.C6H11N2/c12-9(11(14)15)5-7-6-13-10-4-2-1-3-8(7)10;1-3-8-5-4-7(2)6-8/h1-4,6,9,13H,5,12H2,(H,14,15);4-6H,3H2,1-2H3/q;+1/p-1/t9-;/m0./s1. The summed E-state index contributed by atoms with van der Waals surface area (Å²) in [5, 5.41) is 11.5. The first-order valence-corrected chi connectivity index (χ1v) is 7.53. The summed E-state index contributed by atoms with van der Waals surface area (Å²) in [5.74, 6) is -1.22. The van der Waals surface area contributed by atoms with Crippen molar-refractivity contribution in [2.24, 2.45) is 12.8 Å². The van der Waals surface area contributed by atoms with E-state index in [0.29, 0.717) is 0 Å². The van der Waals surface area contributed by atoms with Crippen molar-refractivity contribution in [1.82, 2.24) is 9.55 Å². The molecule has 2 aromatic heterocycles. The molecule has 2 heterocycles. The lowest BCUT2D eigenvalue weighted by molar-refractivity contribution is -0.671. The fraction of sp³-hybridized carbons (Fsp3) is 0.294. The van der Waals surface area contributed by atoms with Gasteiger partial charge in [0.1, 0.15) is 12.4 Å². The third-order valence-electron chi connectivity index (χ3n) is 3.61. The van der Waals surface area contributed by atoms with Gasteiger partial charge in [-0.15, -0.1) is 0 Å². The topological polar surface area (TPSA) is 90.8 Å². The minimum atomic E-state index is -1.22. The minimum absolute atomic E-state index is 0.284. The molecular weight excluding hydrogens is 292 g/mol.